The Labute approximate surface area is 140 Å². The van der Waals surface area contributed by atoms with Gasteiger partial charge in [-0.25, -0.2) is 4.39 Å². The van der Waals surface area contributed by atoms with Gasteiger partial charge in [0.05, 0.1) is 6.54 Å². The minimum absolute atomic E-state index is 0.101. The van der Waals surface area contributed by atoms with Crippen molar-refractivity contribution in [3.8, 4) is 0 Å². The summed E-state index contributed by atoms with van der Waals surface area (Å²) in [4.78, 5) is 27.5. The number of amides is 2. The number of β-amino-alcohol motifs (C(OH)–C–C–N with tert-alkyl or cyclic N) is 1. The van der Waals surface area contributed by atoms with E-state index in [0.717, 1.165) is 0 Å². The van der Waals surface area contributed by atoms with Gasteiger partial charge in [0.1, 0.15) is 5.82 Å². The number of carbonyl (C=O) groups excluding carboxylic acids is 2. The van der Waals surface area contributed by atoms with Gasteiger partial charge in [-0.05, 0) is 18.9 Å². The molecule has 2 aliphatic rings. The van der Waals surface area contributed by atoms with Gasteiger partial charge in [0.15, 0.2) is 5.60 Å². The zero-order valence-corrected chi connectivity index (χ0v) is 13.5. The van der Waals surface area contributed by atoms with Gasteiger partial charge in [0.2, 0.25) is 5.91 Å². The van der Waals surface area contributed by atoms with Gasteiger partial charge < -0.3 is 15.3 Å². The normalized spacial score (nSPS) is 25.7. The molecule has 0 aliphatic carbocycles. The highest BCUT2D eigenvalue weighted by atomic mass is 19.1. The first-order chi connectivity index (χ1) is 11.5. The van der Waals surface area contributed by atoms with E-state index in [1.807, 2.05) is 0 Å². The van der Waals surface area contributed by atoms with Crippen LogP contribution in [0.3, 0.4) is 0 Å². The van der Waals surface area contributed by atoms with Gasteiger partial charge in [0, 0.05) is 38.3 Å². The second kappa shape index (κ2) is 6.86. The van der Waals surface area contributed by atoms with Gasteiger partial charge in [-0.1, -0.05) is 18.2 Å². The number of likely N-dealkylation sites (tertiary alicyclic amines) is 1. The number of nitrogens with one attached hydrogen (secondary N) is 1. The summed E-state index contributed by atoms with van der Waals surface area (Å²) in [6, 6.07) is 6.34. The van der Waals surface area contributed by atoms with Crippen LogP contribution in [0.5, 0.6) is 0 Å². The minimum atomic E-state index is -1.51. The first kappa shape index (κ1) is 16.9. The Balaban J connectivity index is 1.69. The molecule has 2 aliphatic heterocycles. The van der Waals surface area contributed by atoms with Crippen molar-refractivity contribution in [2.45, 2.75) is 25.0 Å². The Bertz CT molecular complexity index is 639. The molecule has 1 aromatic carbocycles. The fourth-order valence-corrected chi connectivity index (χ4v) is 3.39. The Kier molecular flexibility index (Phi) is 4.82. The van der Waals surface area contributed by atoms with Crippen LogP contribution in [0.25, 0.3) is 0 Å². The molecule has 2 saturated heterocycles. The van der Waals surface area contributed by atoms with Crippen molar-refractivity contribution < 1.29 is 19.1 Å². The van der Waals surface area contributed by atoms with E-state index < -0.39 is 5.60 Å². The molecule has 0 radical (unpaired) electrons. The van der Waals surface area contributed by atoms with E-state index in [1.54, 1.807) is 23.1 Å². The predicted molar refractivity (Wildman–Crippen MR) is 85.5 cm³/mol. The summed E-state index contributed by atoms with van der Waals surface area (Å²) in [5, 5.41) is 13.6. The monoisotopic (exact) mass is 335 g/mol. The summed E-state index contributed by atoms with van der Waals surface area (Å²) in [6.07, 6.45) is 1.01. The highest BCUT2D eigenvalue weighted by Crippen LogP contribution is 2.26. The molecule has 0 saturated carbocycles. The fourth-order valence-electron chi connectivity index (χ4n) is 3.39. The first-order valence-corrected chi connectivity index (χ1v) is 8.22. The lowest BCUT2D eigenvalue weighted by Gasteiger charge is -2.41. The quantitative estimate of drug-likeness (QED) is 0.819. The number of nitrogens with zero attached hydrogens (tertiary/aromatic N) is 2. The molecule has 2 fully saturated rings. The van der Waals surface area contributed by atoms with E-state index in [2.05, 4.69) is 5.32 Å². The molecule has 7 heteroatoms. The van der Waals surface area contributed by atoms with Crippen LogP contribution in [0.4, 0.5) is 4.39 Å². The lowest BCUT2D eigenvalue weighted by Crippen LogP contribution is -2.60. The minimum Gasteiger partial charge on any atom is -0.379 e. The number of piperidine rings is 1. The van der Waals surface area contributed by atoms with Gasteiger partial charge in [-0.15, -0.1) is 0 Å². The van der Waals surface area contributed by atoms with E-state index in [9.17, 15) is 19.1 Å². The molecule has 0 aromatic heterocycles. The summed E-state index contributed by atoms with van der Waals surface area (Å²) in [5.41, 5.74) is -1.08. The number of benzene rings is 1. The van der Waals surface area contributed by atoms with Crippen LogP contribution in [0.15, 0.2) is 24.3 Å². The third-order valence-corrected chi connectivity index (χ3v) is 4.63. The van der Waals surface area contributed by atoms with Crippen LogP contribution >= 0.6 is 0 Å². The lowest BCUT2D eigenvalue weighted by atomic mass is 9.90. The molecule has 1 aromatic rings. The molecule has 3 rings (SSSR count). The summed E-state index contributed by atoms with van der Waals surface area (Å²) in [6.45, 7) is 2.08. The molecule has 0 unspecified atom stereocenters. The lowest BCUT2D eigenvalue weighted by molar-refractivity contribution is -0.161. The maximum absolute atomic E-state index is 13.8. The SMILES string of the molecule is O=C1CN(C[C@]2(O)CCCN(Cc3ccccc3F)C2=O)CCN1. The van der Waals surface area contributed by atoms with E-state index in [-0.39, 0.29) is 37.3 Å². The Morgan fingerprint density at radius 3 is 2.79 bits per heavy atom. The zero-order valence-electron chi connectivity index (χ0n) is 13.5. The summed E-state index contributed by atoms with van der Waals surface area (Å²) < 4.78 is 13.8. The average Bonchev–Trinajstić information content (AvgIpc) is 2.54. The van der Waals surface area contributed by atoms with Crippen LogP contribution in [0.2, 0.25) is 0 Å². The standard InChI is InChI=1S/C17H22FN3O3/c18-14-5-2-1-4-13(14)10-21-8-3-6-17(24,16(21)23)12-20-9-7-19-15(22)11-20/h1-2,4-5,24H,3,6-12H2,(H,19,22)/t17-/m1/s1. The van der Waals surface area contributed by atoms with Crippen molar-refractivity contribution >= 4 is 11.8 Å². The second-order valence-corrected chi connectivity index (χ2v) is 6.51. The van der Waals surface area contributed by atoms with E-state index in [4.69, 9.17) is 0 Å². The molecule has 130 valence electrons. The Morgan fingerprint density at radius 2 is 2.04 bits per heavy atom. The molecular formula is C17H22FN3O3. The van der Waals surface area contributed by atoms with Crippen molar-refractivity contribution in [2.75, 3.05) is 32.7 Å². The van der Waals surface area contributed by atoms with Gasteiger partial charge in [0.25, 0.3) is 5.91 Å². The van der Waals surface area contributed by atoms with Gasteiger partial charge in [-0.3, -0.25) is 14.5 Å². The molecular weight excluding hydrogens is 313 g/mol. The van der Waals surface area contributed by atoms with E-state index >= 15 is 0 Å². The number of carbonyl (C=O) groups is 2. The number of aliphatic hydroxyl groups is 1. The predicted octanol–water partition coefficient (Wildman–Crippen LogP) is 0.111. The first-order valence-electron chi connectivity index (χ1n) is 8.22. The molecule has 2 N–H and O–H groups in total. The van der Waals surface area contributed by atoms with Crippen molar-refractivity contribution in [2.24, 2.45) is 0 Å². The molecule has 2 heterocycles. The Hall–Kier alpha value is -1.99. The van der Waals surface area contributed by atoms with Gasteiger partial charge >= 0.3 is 0 Å². The average molecular weight is 335 g/mol. The number of hydrogen-bond donors (Lipinski definition) is 2. The summed E-state index contributed by atoms with van der Waals surface area (Å²) >= 11 is 0. The number of halogens is 1. The third kappa shape index (κ3) is 3.57. The second-order valence-electron chi connectivity index (χ2n) is 6.51. The van der Waals surface area contributed by atoms with Crippen LogP contribution in [-0.2, 0) is 16.1 Å². The molecule has 2 amide bonds. The highest BCUT2D eigenvalue weighted by molar-refractivity contribution is 5.86. The zero-order chi connectivity index (χ0) is 17.2. The van der Waals surface area contributed by atoms with Gasteiger partial charge in [-0.2, -0.15) is 0 Å². The van der Waals surface area contributed by atoms with E-state index in [0.29, 0.717) is 38.0 Å². The topological polar surface area (TPSA) is 72.9 Å². The fraction of sp³-hybridized carbons (Fsp3) is 0.529. The number of rotatable bonds is 4. The summed E-state index contributed by atoms with van der Waals surface area (Å²) in [5.74, 6) is -0.841. The van der Waals surface area contributed by atoms with Crippen LogP contribution < -0.4 is 5.32 Å². The smallest absolute Gasteiger partial charge is 0.256 e. The van der Waals surface area contributed by atoms with Crippen molar-refractivity contribution in [3.05, 3.63) is 35.6 Å². The van der Waals surface area contributed by atoms with Crippen molar-refractivity contribution in [1.82, 2.24) is 15.1 Å². The van der Waals surface area contributed by atoms with Crippen molar-refractivity contribution in [3.63, 3.8) is 0 Å². The third-order valence-electron chi connectivity index (χ3n) is 4.63. The number of piperazine rings is 1. The van der Waals surface area contributed by atoms with Crippen LogP contribution in [0, 0.1) is 5.82 Å². The number of hydrogen-bond acceptors (Lipinski definition) is 4. The maximum atomic E-state index is 13.8. The molecule has 0 bridgehead atoms. The molecule has 1 atom stereocenters. The largest absolute Gasteiger partial charge is 0.379 e. The Morgan fingerprint density at radius 1 is 1.25 bits per heavy atom. The van der Waals surface area contributed by atoms with E-state index in [1.165, 1.54) is 11.0 Å². The summed E-state index contributed by atoms with van der Waals surface area (Å²) in [7, 11) is 0. The molecule has 6 nitrogen and oxygen atoms in total. The van der Waals surface area contributed by atoms with Crippen molar-refractivity contribution in [1.29, 1.82) is 0 Å². The van der Waals surface area contributed by atoms with Crippen LogP contribution in [-0.4, -0.2) is 65.0 Å². The van der Waals surface area contributed by atoms with Crippen LogP contribution in [0.1, 0.15) is 18.4 Å². The highest BCUT2D eigenvalue weighted by Gasteiger charge is 2.43. The maximum Gasteiger partial charge on any atom is 0.256 e. The molecule has 0 spiro atoms. The molecule has 24 heavy (non-hydrogen) atoms.